The van der Waals surface area contributed by atoms with E-state index in [4.69, 9.17) is 4.74 Å². The molecule has 0 spiro atoms. The molecule has 2 atom stereocenters. The molecule has 2 unspecified atom stereocenters. The van der Waals surface area contributed by atoms with Crippen LogP contribution in [0.1, 0.15) is 36.9 Å². The van der Waals surface area contributed by atoms with Crippen molar-refractivity contribution >= 4 is 15.9 Å². The Hall–Kier alpha value is -2.45. The lowest BCUT2D eigenvalue weighted by molar-refractivity contribution is -0.0718. The fourth-order valence-electron chi connectivity index (χ4n) is 3.65. The number of benzene rings is 2. The average molecular weight is 421 g/mol. The third-order valence-corrected chi connectivity index (χ3v) is 6.55. The van der Waals surface area contributed by atoms with E-state index < -0.39 is 21.5 Å². The third kappa shape index (κ3) is 4.43. The van der Waals surface area contributed by atoms with Gasteiger partial charge < -0.3 is 14.7 Å². The predicted octanol–water partition coefficient (Wildman–Crippen LogP) is 3.41. The maximum atomic E-state index is 13.3. The lowest BCUT2D eigenvalue weighted by atomic mass is 9.85. The molecule has 156 valence electrons. The highest BCUT2D eigenvalue weighted by Gasteiger charge is 2.43. The summed E-state index contributed by atoms with van der Waals surface area (Å²) >= 11 is 0. The zero-order valence-electron chi connectivity index (χ0n) is 16.3. The first-order valence-electron chi connectivity index (χ1n) is 9.33. The van der Waals surface area contributed by atoms with E-state index in [0.29, 0.717) is 18.5 Å². The molecule has 3 rings (SSSR count). The first kappa shape index (κ1) is 21.3. The molecule has 0 aromatic heterocycles. The van der Waals surface area contributed by atoms with Gasteiger partial charge in [0.25, 0.3) is 0 Å². The molecule has 29 heavy (non-hydrogen) atoms. The molecule has 0 saturated carbocycles. The summed E-state index contributed by atoms with van der Waals surface area (Å²) in [5.41, 5.74) is 0.424. The van der Waals surface area contributed by atoms with E-state index >= 15 is 0 Å². The second-order valence-electron chi connectivity index (χ2n) is 7.30. The monoisotopic (exact) mass is 421 g/mol. The van der Waals surface area contributed by atoms with Gasteiger partial charge in [0.05, 0.1) is 10.9 Å². The van der Waals surface area contributed by atoms with E-state index in [1.54, 1.807) is 29.2 Å². The van der Waals surface area contributed by atoms with Gasteiger partial charge in [0, 0.05) is 32.2 Å². The number of sulfone groups is 1. The zero-order chi connectivity index (χ0) is 21.2. The van der Waals surface area contributed by atoms with Crippen LogP contribution in [0.2, 0.25) is 0 Å². The summed E-state index contributed by atoms with van der Waals surface area (Å²) in [4.78, 5) is 14.6. The van der Waals surface area contributed by atoms with Crippen molar-refractivity contribution < 1.29 is 27.4 Å². The van der Waals surface area contributed by atoms with Crippen LogP contribution in [0, 0.1) is 5.82 Å². The van der Waals surface area contributed by atoms with Crippen molar-refractivity contribution in [2.24, 2.45) is 0 Å². The summed E-state index contributed by atoms with van der Waals surface area (Å²) in [5.74, 6) is -0.386. The van der Waals surface area contributed by atoms with E-state index in [9.17, 15) is 22.7 Å². The van der Waals surface area contributed by atoms with Crippen molar-refractivity contribution in [3.63, 3.8) is 0 Å². The number of amides is 1. The smallest absolute Gasteiger partial charge is 0.411 e. The second-order valence-corrected chi connectivity index (χ2v) is 9.32. The number of halogens is 1. The first-order chi connectivity index (χ1) is 13.7. The summed E-state index contributed by atoms with van der Waals surface area (Å²) < 4.78 is 42.3. The number of cyclic esters (lactones) is 1. The fraction of sp³-hybridized carbons (Fsp3) is 0.381. The van der Waals surface area contributed by atoms with E-state index in [1.165, 1.54) is 24.3 Å². The van der Waals surface area contributed by atoms with Crippen molar-refractivity contribution in [3.8, 4) is 0 Å². The van der Waals surface area contributed by atoms with Crippen LogP contribution in [0.3, 0.4) is 0 Å². The maximum absolute atomic E-state index is 13.3. The first-order valence-corrected chi connectivity index (χ1v) is 11.2. The molecule has 1 amide bonds. The molecule has 1 N–H and O–H groups in total. The van der Waals surface area contributed by atoms with Gasteiger partial charge in [0.15, 0.2) is 9.84 Å². The Kier molecular flexibility index (Phi) is 5.95. The van der Waals surface area contributed by atoms with E-state index in [1.807, 2.05) is 6.92 Å². The molecule has 6 nitrogen and oxygen atoms in total. The van der Waals surface area contributed by atoms with Gasteiger partial charge in [0.2, 0.25) is 0 Å². The Morgan fingerprint density at radius 3 is 2.31 bits per heavy atom. The highest BCUT2D eigenvalue weighted by Crippen LogP contribution is 2.39. The normalized spacial score (nSPS) is 21.0. The van der Waals surface area contributed by atoms with E-state index in [-0.39, 0.29) is 29.8 Å². The third-order valence-electron chi connectivity index (χ3n) is 5.42. The molecule has 1 heterocycles. The number of aliphatic hydroxyl groups excluding tert-OH is 1. The topological polar surface area (TPSA) is 83.9 Å². The Balaban J connectivity index is 1.81. The summed E-state index contributed by atoms with van der Waals surface area (Å²) in [6.07, 6.45) is 1.27. The van der Waals surface area contributed by atoms with Crippen molar-refractivity contribution in [2.45, 2.75) is 36.3 Å². The lowest BCUT2D eigenvalue weighted by Gasteiger charge is -2.43. The van der Waals surface area contributed by atoms with Crippen LogP contribution >= 0.6 is 0 Å². The van der Waals surface area contributed by atoms with Gasteiger partial charge in [-0.25, -0.2) is 17.6 Å². The molecule has 0 aliphatic carbocycles. The number of carbonyl (C=O) groups is 1. The van der Waals surface area contributed by atoms with Crippen molar-refractivity contribution in [3.05, 3.63) is 65.5 Å². The molecular formula is C21H24FNO5S. The summed E-state index contributed by atoms with van der Waals surface area (Å²) in [7, 11) is -3.29. The van der Waals surface area contributed by atoms with Crippen molar-refractivity contribution in [2.75, 3.05) is 19.4 Å². The largest absolute Gasteiger partial charge is 0.438 e. The molecule has 2 aromatic rings. The molecule has 1 saturated heterocycles. The molecule has 1 fully saturated rings. The Morgan fingerprint density at radius 2 is 1.79 bits per heavy atom. The van der Waals surface area contributed by atoms with Gasteiger partial charge in [-0.15, -0.1) is 0 Å². The molecule has 8 heteroatoms. The minimum Gasteiger partial charge on any atom is -0.438 e. The lowest BCUT2D eigenvalue weighted by Crippen LogP contribution is -2.49. The molecule has 2 aromatic carbocycles. The van der Waals surface area contributed by atoms with Gasteiger partial charge in [-0.2, -0.15) is 0 Å². The van der Waals surface area contributed by atoms with Gasteiger partial charge in [0.1, 0.15) is 11.4 Å². The number of rotatable bonds is 6. The van der Waals surface area contributed by atoms with Crippen LogP contribution in [0.15, 0.2) is 53.4 Å². The molecule has 1 aliphatic rings. The number of aliphatic hydroxyl groups is 1. The van der Waals surface area contributed by atoms with Crippen LogP contribution in [0.25, 0.3) is 0 Å². The minimum atomic E-state index is -3.29. The van der Waals surface area contributed by atoms with Crippen LogP contribution in [0.4, 0.5) is 9.18 Å². The van der Waals surface area contributed by atoms with E-state index in [2.05, 4.69) is 0 Å². The van der Waals surface area contributed by atoms with Crippen LogP contribution in [-0.2, 0) is 20.2 Å². The zero-order valence-corrected chi connectivity index (χ0v) is 17.2. The Morgan fingerprint density at radius 1 is 1.17 bits per heavy atom. The fourth-order valence-corrected chi connectivity index (χ4v) is 4.28. The van der Waals surface area contributed by atoms with Gasteiger partial charge in [-0.05, 0) is 42.3 Å². The molecule has 0 bridgehead atoms. The van der Waals surface area contributed by atoms with Crippen molar-refractivity contribution in [1.29, 1.82) is 0 Å². The van der Waals surface area contributed by atoms with Gasteiger partial charge in [-0.3, -0.25) is 0 Å². The van der Waals surface area contributed by atoms with Crippen LogP contribution in [0.5, 0.6) is 0 Å². The molecule has 0 radical (unpaired) electrons. The quantitative estimate of drug-likeness (QED) is 0.773. The average Bonchev–Trinajstić information content (AvgIpc) is 2.68. The molecule has 1 aliphatic heterocycles. The van der Waals surface area contributed by atoms with Crippen LogP contribution in [-0.4, -0.2) is 43.9 Å². The molecular weight excluding hydrogens is 397 g/mol. The number of hydrogen-bond acceptors (Lipinski definition) is 5. The highest BCUT2D eigenvalue weighted by molar-refractivity contribution is 7.90. The number of hydrogen-bond donors (Lipinski definition) is 1. The number of carbonyl (C=O) groups excluding carboxylic acids is 1. The standard InChI is InChI=1S/C21H24FNO5S/c1-15(16-3-9-19(10-4-16)29(2,26)27)23-13-11-21(12-14-24,28-20(23)25)17-5-7-18(22)8-6-17/h3-10,15,24H,11-14H2,1-2H3. The summed E-state index contributed by atoms with van der Waals surface area (Å²) in [6.45, 7) is 2.05. The highest BCUT2D eigenvalue weighted by atomic mass is 32.2. The van der Waals surface area contributed by atoms with Gasteiger partial charge in [-0.1, -0.05) is 24.3 Å². The van der Waals surface area contributed by atoms with Gasteiger partial charge >= 0.3 is 6.09 Å². The predicted molar refractivity (Wildman–Crippen MR) is 106 cm³/mol. The minimum absolute atomic E-state index is 0.173. The summed E-state index contributed by atoms with van der Waals surface area (Å²) in [6, 6.07) is 11.8. The van der Waals surface area contributed by atoms with Crippen molar-refractivity contribution in [1.82, 2.24) is 4.90 Å². The SMILES string of the molecule is CC(c1ccc(S(C)(=O)=O)cc1)N1CCC(CCO)(c2ccc(F)cc2)OC1=O. The number of nitrogens with zero attached hydrogens (tertiary/aromatic N) is 1. The number of ether oxygens (including phenoxy) is 1. The Labute approximate surface area is 169 Å². The second kappa shape index (κ2) is 8.12. The summed E-state index contributed by atoms with van der Waals surface area (Å²) in [5, 5.41) is 9.50. The Bertz CT molecular complexity index is 975. The maximum Gasteiger partial charge on any atom is 0.411 e. The van der Waals surface area contributed by atoms with E-state index in [0.717, 1.165) is 11.8 Å². The van der Waals surface area contributed by atoms with Crippen LogP contribution < -0.4 is 0 Å².